The maximum atomic E-state index is 13.9. The molecule has 0 unspecified atom stereocenters. The molecule has 0 aliphatic rings. The first-order chi connectivity index (χ1) is 27.2. The van der Waals surface area contributed by atoms with Crippen molar-refractivity contribution in [2.75, 3.05) is 5.32 Å². The van der Waals surface area contributed by atoms with Crippen molar-refractivity contribution in [2.45, 2.75) is 0 Å². The zero-order valence-electron chi connectivity index (χ0n) is 29.9. The minimum Gasteiger partial charge on any atom is -0.321 e. The SMILES string of the molecule is O=C(Nc1c(-c2ccc(-c3cc(-c4ccccc4)nc(-c4ccccc4)n3)cc2)cccc1-c1ccccc1-c1cccc2ccccc12)c1ccccc1. The number of fused-ring (bicyclic) bond motifs is 1. The number of benzene rings is 8. The highest BCUT2D eigenvalue weighted by Gasteiger charge is 2.19. The second-order valence-corrected chi connectivity index (χ2v) is 13.4. The number of amides is 1. The lowest BCUT2D eigenvalue weighted by molar-refractivity contribution is 0.102. The van der Waals surface area contributed by atoms with Gasteiger partial charge in [0.25, 0.3) is 5.91 Å². The molecule has 1 amide bonds. The van der Waals surface area contributed by atoms with Gasteiger partial charge in [-0.2, -0.15) is 0 Å². The molecular formula is C51H35N3O. The summed E-state index contributed by atoms with van der Waals surface area (Å²) in [6, 6.07) is 69.7. The van der Waals surface area contributed by atoms with Crippen LogP contribution in [0.4, 0.5) is 5.69 Å². The van der Waals surface area contributed by atoms with Crippen LogP contribution in [0.15, 0.2) is 206 Å². The second-order valence-electron chi connectivity index (χ2n) is 13.4. The fraction of sp³-hybridized carbons (Fsp3) is 0. The third kappa shape index (κ3) is 6.81. The van der Waals surface area contributed by atoms with Gasteiger partial charge in [-0.25, -0.2) is 9.97 Å². The van der Waals surface area contributed by atoms with Crippen LogP contribution >= 0.6 is 0 Å². The maximum Gasteiger partial charge on any atom is 0.255 e. The zero-order chi connectivity index (χ0) is 37.0. The van der Waals surface area contributed by atoms with Gasteiger partial charge >= 0.3 is 0 Å². The van der Waals surface area contributed by atoms with E-state index in [2.05, 4.69) is 127 Å². The van der Waals surface area contributed by atoms with Crippen LogP contribution in [0.25, 0.3) is 78.1 Å². The Kier molecular flexibility index (Phi) is 9.05. The molecule has 0 bridgehead atoms. The summed E-state index contributed by atoms with van der Waals surface area (Å²) in [7, 11) is 0. The van der Waals surface area contributed by atoms with E-state index < -0.39 is 0 Å². The van der Waals surface area contributed by atoms with Gasteiger partial charge < -0.3 is 5.32 Å². The molecule has 9 aromatic rings. The summed E-state index contributed by atoms with van der Waals surface area (Å²) in [5.41, 5.74) is 12.1. The van der Waals surface area contributed by atoms with Crippen molar-refractivity contribution in [3.05, 3.63) is 212 Å². The van der Waals surface area contributed by atoms with Gasteiger partial charge in [0.15, 0.2) is 5.82 Å². The van der Waals surface area contributed by atoms with Crippen LogP contribution in [-0.4, -0.2) is 15.9 Å². The standard InChI is InChI=1S/C51H35N3O/c55-51(40-21-8-3-9-22-40)54-49-42(27-15-29-46(49)45-26-13-12-25-44(45)43-28-14-23-35-16-10-11-24-41(35)43)36-30-32-38(33-31-36)48-34-47(37-17-4-1-5-18-37)52-50(53-48)39-19-6-2-7-20-39/h1-34H,(H,54,55). The van der Waals surface area contributed by atoms with Crippen molar-refractivity contribution < 1.29 is 4.79 Å². The Morgan fingerprint density at radius 2 is 0.855 bits per heavy atom. The van der Waals surface area contributed by atoms with Gasteiger partial charge in [-0.3, -0.25) is 4.79 Å². The van der Waals surface area contributed by atoms with E-state index in [9.17, 15) is 4.79 Å². The molecule has 0 aliphatic heterocycles. The van der Waals surface area contributed by atoms with E-state index in [4.69, 9.17) is 9.97 Å². The van der Waals surface area contributed by atoms with Crippen molar-refractivity contribution >= 4 is 22.4 Å². The lowest BCUT2D eigenvalue weighted by Crippen LogP contribution is -2.13. The number of rotatable bonds is 8. The number of para-hydroxylation sites is 1. The summed E-state index contributed by atoms with van der Waals surface area (Å²) >= 11 is 0. The molecule has 55 heavy (non-hydrogen) atoms. The number of aromatic nitrogens is 2. The largest absolute Gasteiger partial charge is 0.321 e. The molecule has 0 radical (unpaired) electrons. The predicted octanol–water partition coefficient (Wildman–Crippen LogP) is 12.9. The van der Waals surface area contributed by atoms with Crippen molar-refractivity contribution in [2.24, 2.45) is 0 Å². The summed E-state index contributed by atoms with van der Waals surface area (Å²) < 4.78 is 0. The maximum absolute atomic E-state index is 13.9. The van der Waals surface area contributed by atoms with E-state index in [-0.39, 0.29) is 5.91 Å². The normalized spacial score (nSPS) is 11.0. The number of carbonyl (C=O) groups is 1. The van der Waals surface area contributed by atoms with Crippen LogP contribution in [0.1, 0.15) is 10.4 Å². The fourth-order valence-electron chi connectivity index (χ4n) is 7.23. The van der Waals surface area contributed by atoms with E-state index in [1.54, 1.807) is 0 Å². The monoisotopic (exact) mass is 705 g/mol. The average molecular weight is 706 g/mol. The van der Waals surface area contributed by atoms with E-state index in [0.29, 0.717) is 11.4 Å². The van der Waals surface area contributed by atoms with Crippen LogP contribution < -0.4 is 5.32 Å². The van der Waals surface area contributed by atoms with E-state index in [1.165, 1.54) is 10.8 Å². The van der Waals surface area contributed by atoms with Crippen LogP contribution in [0, 0.1) is 0 Å². The van der Waals surface area contributed by atoms with Gasteiger partial charge in [0.1, 0.15) is 0 Å². The summed E-state index contributed by atoms with van der Waals surface area (Å²) in [6.07, 6.45) is 0. The number of nitrogens with zero attached hydrogens (tertiary/aromatic N) is 2. The molecule has 1 N–H and O–H groups in total. The third-order valence-corrected chi connectivity index (χ3v) is 9.96. The smallest absolute Gasteiger partial charge is 0.255 e. The molecule has 1 heterocycles. The van der Waals surface area contributed by atoms with Crippen molar-refractivity contribution in [3.63, 3.8) is 0 Å². The molecule has 9 rings (SSSR count). The Labute approximate surface area is 320 Å². The summed E-state index contributed by atoms with van der Waals surface area (Å²) in [6.45, 7) is 0. The highest BCUT2D eigenvalue weighted by atomic mass is 16.1. The van der Waals surface area contributed by atoms with Gasteiger partial charge in [0.2, 0.25) is 0 Å². The van der Waals surface area contributed by atoms with Crippen LogP contribution in [0.3, 0.4) is 0 Å². The first kappa shape index (κ1) is 33.4. The van der Waals surface area contributed by atoms with Gasteiger partial charge in [0, 0.05) is 33.4 Å². The molecule has 4 nitrogen and oxygen atoms in total. The predicted molar refractivity (Wildman–Crippen MR) is 227 cm³/mol. The lowest BCUT2D eigenvalue weighted by Gasteiger charge is -2.20. The molecular weight excluding hydrogens is 671 g/mol. The van der Waals surface area contributed by atoms with E-state index >= 15 is 0 Å². The van der Waals surface area contributed by atoms with Gasteiger partial charge in [-0.15, -0.1) is 0 Å². The van der Waals surface area contributed by atoms with E-state index in [1.807, 2.05) is 84.9 Å². The van der Waals surface area contributed by atoms with E-state index in [0.717, 1.165) is 67.1 Å². The van der Waals surface area contributed by atoms with Gasteiger partial charge in [-0.1, -0.05) is 188 Å². The minimum atomic E-state index is -0.170. The van der Waals surface area contributed by atoms with Crippen LogP contribution in [-0.2, 0) is 0 Å². The molecule has 0 saturated carbocycles. The molecule has 0 saturated heterocycles. The summed E-state index contributed by atoms with van der Waals surface area (Å²) in [5.74, 6) is 0.501. The molecule has 0 aliphatic carbocycles. The molecule has 4 heteroatoms. The quantitative estimate of drug-likeness (QED) is 0.171. The Balaban J connectivity index is 1.17. The van der Waals surface area contributed by atoms with Crippen molar-refractivity contribution in [1.82, 2.24) is 9.97 Å². The Morgan fingerprint density at radius 3 is 1.56 bits per heavy atom. The fourth-order valence-corrected chi connectivity index (χ4v) is 7.23. The topological polar surface area (TPSA) is 54.9 Å². The number of hydrogen-bond acceptors (Lipinski definition) is 3. The highest BCUT2D eigenvalue weighted by molar-refractivity contribution is 6.11. The Bertz CT molecular complexity index is 2720. The number of nitrogens with one attached hydrogen (secondary N) is 1. The van der Waals surface area contributed by atoms with Crippen LogP contribution in [0.2, 0.25) is 0 Å². The first-order valence-electron chi connectivity index (χ1n) is 18.4. The number of carbonyl (C=O) groups excluding carboxylic acids is 1. The summed E-state index contributed by atoms with van der Waals surface area (Å²) in [5, 5.41) is 5.70. The van der Waals surface area contributed by atoms with Crippen molar-refractivity contribution in [3.8, 4) is 67.3 Å². The molecule has 0 spiro atoms. The second kappa shape index (κ2) is 14.9. The Morgan fingerprint density at radius 1 is 0.382 bits per heavy atom. The Hall–Kier alpha value is -7.43. The molecule has 1 aromatic heterocycles. The van der Waals surface area contributed by atoms with Crippen LogP contribution in [0.5, 0.6) is 0 Å². The average Bonchev–Trinajstić information content (AvgIpc) is 3.27. The highest BCUT2D eigenvalue weighted by Crippen LogP contribution is 2.43. The third-order valence-electron chi connectivity index (χ3n) is 9.96. The minimum absolute atomic E-state index is 0.170. The zero-order valence-corrected chi connectivity index (χ0v) is 29.9. The summed E-state index contributed by atoms with van der Waals surface area (Å²) in [4.78, 5) is 23.9. The molecule has 260 valence electrons. The molecule has 8 aromatic carbocycles. The lowest BCUT2D eigenvalue weighted by atomic mass is 9.88. The van der Waals surface area contributed by atoms with Gasteiger partial charge in [-0.05, 0) is 51.2 Å². The van der Waals surface area contributed by atoms with Gasteiger partial charge in [0.05, 0.1) is 17.1 Å². The number of hydrogen-bond donors (Lipinski definition) is 1. The number of anilines is 1. The van der Waals surface area contributed by atoms with Crippen molar-refractivity contribution in [1.29, 1.82) is 0 Å². The molecule has 0 fully saturated rings. The molecule has 0 atom stereocenters. The first-order valence-corrected chi connectivity index (χ1v) is 18.4.